The van der Waals surface area contributed by atoms with Gasteiger partial charge in [0.25, 0.3) is 0 Å². The number of piperazine rings is 1. The van der Waals surface area contributed by atoms with E-state index in [-0.39, 0.29) is 29.0 Å². The highest BCUT2D eigenvalue weighted by molar-refractivity contribution is 7.91. The zero-order valence-electron chi connectivity index (χ0n) is 14.5. The van der Waals surface area contributed by atoms with Crippen molar-refractivity contribution >= 4 is 20.7 Å². The fourth-order valence-corrected chi connectivity index (χ4v) is 6.19. The van der Waals surface area contributed by atoms with Crippen LogP contribution in [-0.2, 0) is 16.4 Å². The Morgan fingerprint density at radius 2 is 2.00 bits per heavy atom. The van der Waals surface area contributed by atoms with Crippen molar-refractivity contribution in [1.82, 2.24) is 15.2 Å². The van der Waals surface area contributed by atoms with Crippen molar-refractivity contribution in [2.75, 3.05) is 24.6 Å². The highest BCUT2D eigenvalue weighted by atomic mass is 32.2. The minimum absolute atomic E-state index is 0.00434. The van der Waals surface area contributed by atoms with Gasteiger partial charge in [-0.25, -0.2) is 8.42 Å². The maximum atomic E-state index is 12.5. The highest BCUT2D eigenvalue weighted by Gasteiger charge is 2.42. The number of benzene rings is 1. The van der Waals surface area contributed by atoms with Crippen LogP contribution in [0.4, 0.5) is 0 Å². The van der Waals surface area contributed by atoms with Crippen LogP contribution in [0.1, 0.15) is 16.8 Å². The van der Waals surface area contributed by atoms with Gasteiger partial charge in [0.1, 0.15) is 0 Å². The Hall–Kier alpha value is -1.70. The molecule has 134 valence electrons. The number of fused-ring (bicyclic) bond motifs is 2. The number of nitrogens with one attached hydrogen (secondary N) is 2. The SMILES string of the molecule is Cc1cc(C)c2[nH]c(CN3CCN[C@@H]4CS(=O)(=O)C[C@@H]43)cc(=O)c2c1. The molecule has 25 heavy (non-hydrogen) atoms. The molecule has 2 aliphatic rings. The van der Waals surface area contributed by atoms with Crippen molar-refractivity contribution in [2.24, 2.45) is 0 Å². The molecule has 0 bridgehead atoms. The van der Waals surface area contributed by atoms with Crippen LogP contribution in [0.25, 0.3) is 10.9 Å². The van der Waals surface area contributed by atoms with E-state index in [9.17, 15) is 13.2 Å². The van der Waals surface area contributed by atoms with E-state index in [1.807, 2.05) is 19.9 Å². The van der Waals surface area contributed by atoms with Crippen molar-refractivity contribution in [2.45, 2.75) is 32.5 Å². The molecule has 4 rings (SSSR count). The smallest absolute Gasteiger partial charge is 0.189 e. The predicted octanol–water partition coefficient (Wildman–Crippen LogP) is 0.716. The number of aromatic nitrogens is 1. The summed E-state index contributed by atoms with van der Waals surface area (Å²) in [6.07, 6.45) is 0. The summed E-state index contributed by atoms with van der Waals surface area (Å²) < 4.78 is 24.0. The third-order valence-electron chi connectivity index (χ3n) is 5.31. The van der Waals surface area contributed by atoms with Gasteiger partial charge < -0.3 is 10.3 Å². The lowest BCUT2D eigenvalue weighted by Gasteiger charge is -2.37. The predicted molar refractivity (Wildman–Crippen MR) is 98.7 cm³/mol. The van der Waals surface area contributed by atoms with E-state index in [0.29, 0.717) is 11.9 Å². The van der Waals surface area contributed by atoms with E-state index in [0.717, 1.165) is 35.4 Å². The van der Waals surface area contributed by atoms with E-state index in [1.165, 1.54) is 0 Å². The van der Waals surface area contributed by atoms with E-state index in [2.05, 4.69) is 21.3 Å². The fraction of sp³-hybridized carbons (Fsp3) is 0.500. The molecule has 2 atom stereocenters. The van der Waals surface area contributed by atoms with E-state index in [4.69, 9.17) is 0 Å². The number of sulfone groups is 1. The number of pyridine rings is 1. The van der Waals surface area contributed by atoms with Gasteiger partial charge in [0.2, 0.25) is 0 Å². The van der Waals surface area contributed by atoms with E-state index in [1.54, 1.807) is 6.07 Å². The lowest BCUT2D eigenvalue weighted by Crippen LogP contribution is -2.56. The molecule has 6 nitrogen and oxygen atoms in total. The molecule has 0 radical (unpaired) electrons. The van der Waals surface area contributed by atoms with Crippen LogP contribution in [0.15, 0.2) is 23.0 Å². The molecule has 2 saturated heterocycles. The van der Waals surface area contributed by atoms with Gasteiger partial charge in [0.05, 0.1) is 17.0 Å². The molecule has 0 amide bonds. The van der Waals surface area contributed by atoms with Crippen LogP contribution in [0.2, 0.25) is 0 Å². The lowest BCUT2D eigenvalue weighted by molar-refractivity contribution is 0.140. The average Bonchev–Trinajstić information content (AvgIpc) is 2.84. The van der Waals surface area contributed by atoms with Crippen LogP contribution >= 0.6 is 0 Å². The molecule has 1 aromatic heterocycles. The Morgan fingerprint density at radius 1 is 1.20 bits per heavy atom. The topological polar surface area (TPSA) is 82.3 Å². The summed E-state index contributed by atoms with van der Waals surface area (Å²) >= 11 is 0. The molecule has 2 N–H and O–H groups in total. The van der Waals surface area contributed by atoms with Crippen molar-refractivity contribution in [3.63, 3.8) is 0 Å². The minimum Gasteiger partial charge on any atom is -0.357 e. The van der Waals surface area contributed by atoms with Crippen LogP contribution in [0.5, 0.6) is 0 Å². The van der Waals surface area contributed by atoms with Crippen molar-refractivity contribution < 1.29 is 8.42 Å². The second kappa shape index (κ2) is 5.93. The van der Waals surface area contributed by atoms with Crippen LogP contribution in [0, 0.1) is 13.8 Å². The first kappa shape index (κ1) is 16.8. The number of aryl methyl sites for hydroxylation is 2. The third-order valence-corrected chi connectivity index (χ3v) is 7.02. The Bertz CT molecular complexity index is 997. The van der Waals surface area contributed by atoms with Gasteiger partial charge in [-0.1, -0.05) is 6.07 Å². The summed E-state index contributed by atoms with van der Waals surface area (Å²) in [6, 6.07) is 5.61. The second-order valence-corrected chi connectivity index (χ2v) is 9.49. The van der Waals surface area contributed by atoms with Gasteiger partial charge in [0.15, 0.2) is 15.3 Å². The molecule has 0 aliphatic carbocycles. The zero-order valence-corrected chi connectivity index (χ0v) is 15.3. The molecule has 1 aromatic carbocycles. The van der Waals surface area contributed by atoms with Crippen molar-refractivity contribution in [3.8, 4) is 0 Å². The number of rotatable bonds is 2. The summed E-state index contributed by atoms with van der Waals surface area (Å²) in [5.74, 6) is 0.404. The van der Waals surface area contributed by atoms with Gasteiger partial charge in [0, 0.05) is 48.9 Å². The summed E-state index contributed by atoms with van der Waals surface area (Å²) in [5, 5.41) is 4.03. The monoisotopic (exact) mass is 361 g/mol. The normalized spacial score (nSPS) is 26.0. The summed E-state index contributed by atoms with van der Waals surface area (Å²) in [5.41, 5.74) is 3.86. The van der Waals surface area contributed by atoms with Gasteiger partial charge in [-0.2, -0.15) is 0 Å². The fourth-order valence-electron chi connectivity index (χ4n) is 4.20. The summed E-state index contributed by atoms with van der Waals surface area (Å²) in [6.45, 7) is 6.11. The maximum Gasteiger partial charge on any atom is 0.189 e. The second-order valence-electron chi connectivity index (χ2n) is 7.34. The molecule has 0 saturated carbocycles. The number of hydrogen-bond donors (Lipinski definition) is 2. The molecule has 7 heteroatoms. The molecule has 2 fully saturated rings. The standard InChI is InChI=1S/C18H23N3O3S/c1-11-5-12(2)18-14(6-11)17(22)7-13(20-18)8-21-4-3-19-15-9-25(23,24)10-16(15)21/h5-7,15-16,19H,3-4,8-10H2,1-2H3,(H,20,22)/t15-,16+/m1/s1. The Balaban J connectivity index is 1.68. The van der Waals surface area contributed by atoms with Gasteiger partial charge >= 0.3 is 0 Å². The summed E-state index contributed by atoms with van der Waals surface area (Å²) in [7, 11) is -2.98. The largest absolute Gasteiger partial charge is 0.357 e. The minimum atomic E-state index is -2.98. The van der Waals surface area contributed by atoms with Crippen LogP contribution in [-0.4, -0.2) is 55.0 Å². The Morgan fingerprint density at radius 3 is 2.80 bits per heavy atom. The van der Waals surface area contributed by atoms with Gasteiger partial charge in [-0.15, -0.1) is 0 Å². The number of hydrogen-bond acceptors (Lipinski definition) is 5. The summed E-state index contributed by atoms with van der Waals surface area (Å²) in [4.78, 5) is 18.1. The molecular weight excluding hydrogens is 338 g/mol. The third kappa shape index (κ3) is 3.12. The number of H-pyrrole nitrogens is 1. The Labute approximate surface area is 147 Å². The first-order chi connectivity index (χ1) is 11.8. The number of nitrogens with zero attached hydrogens (tertiary/aromatic N) is 1. The highest BCUT2D eigenvalue weighted by Crippen LogP contribution is 2.23. The molecule has 2 aromatic rings. The van der Waals surface area contributed by atoms with E-state index >= 15 is 0 Å². The molecular formula is C18H23N3O3S. The first-order valence-electron chi connectivity index (χ1n) is 8.63. The zero-order chi connectivity index (χ0) is 17.8. The van der Waals surface area contributed by atoms with E-state index < -0.39 is 9.84 Å². The molecule has 0 unspecified atom stereocenters. The van der Waals surface area contributed by atoms with Crippen LogP contribution < -0.4 is 10.7 Å². The molecule has 3 heterocycles. The quantitative estimate of drug-likeness (QED) is 0.824. The molecule has 2 aliphatic heterocycles. The number of aromatic amines is 1. The van der Waals surface area contributed by atoms with Gasteiger partial charge in [-0.05, 0) is 31.0 Å². The lowest BCUT2D eigenvalue weighted by atomic mass is 10.0. The average molecular weight is 361 g/mol. The first-order valence-corrected chi connectivity index (χ1v) is 10.5. The van der Waals surface area contributed by atoms with Crippen molar-refractivity contribution in [3.05, 3.63) is 45.2 Å². The maximum absolute atomic E-state index is 12.5. The van der Waals surface area contributed by atoms with Gasteiger partial charge in [-0.3, -0.25) is 9.69 Å². The van der Waals surface area contributed by atoms with Crippen molar-refractivity contribution in [1.29, 1.82) is 0 Å². The Kier molecular flexibility index (Phi) is 3.97. The van der Waals surface area contributed by atoms with Crippen LogP contribution in [0.3, 0.4) is 0 Å². The molecule has 0 spiro atoms.